The predicted molar refractivity (Wildman–Crippen MR) is 152 cm³/mol. The lowest BCUT2D eigenvalue weighted by atomic mass is 9.96. The summed E-state index contributed by atoms with van der Waals surface area (Å²) in [5.41, 5.74) is 6.06. The van der Waals surface area contributed by atoms with Crippen LogP contribution in [0.25, 0.3) is 22.3 Å². The van der Waals surface area contributed by atoms with Crippen molar-refractivity contribution in [3.8, 4) is 33.8 Å². The number of benzene rings is 4. The van der Waals surface area contributed by atoms with Gasteiger partial charge in [-0.2, -0.15) is 0 Å². The second-order valence-corrected chi connectivity index (χ2v) is 9.84. The first-order valence-corrected chi connectivity index (χ1v) is 13.2. The van der Waals surface area contributed by atoms with Crippen LogP contribution in [0.15, 0.2) is 97.1 Å². The lowest BCUT2D eigenvalue weighted by molar-refractivity contribution is -0.0896. The van der Waals surface area contributed by atoms with Crippen molar-refractivity contribution in [1.82, 2.24) is 0 Å². The summed E-state index contributed by atoms with van der Waals surface area (Å²) in [6.07, 6.45) is -4.68. The molecule has 4 atom stereocenters. The Labute approximate surface area is 234 Å². The van der Waals surface area contributed by atoms with E-state index in [1.807, 2.05) is 97.1 Å². The molecule has 3 N–H and O–H groups in total. The minimum absolute atomic E-state index is 0.0219. The first-order valence-electron chi connectivity index (χ1n) is 13.2. The van der Waals surface area contributed by atoms with E-state index in [-0.39, 0.29) is 13.2 Å². The van der Waals surface area contributed by atoms with Gasteiger partial charge in [0.2, 0.25) is 0 Å². The molecule has 0 amide bonds. The van der Waals surface area contributed by atoms with Crippen molar-refractivity contribution < 1.29 is 34.3 Å². The van der Waals surface area contributed by atoms with E-state index in [0.29, 0.717) is 0 Å². The second kappa shape index (κ2) is 12.6. The number of aliphatic hydroxyl groups is 3. The molecule has 0 saturated carbocycles. The third kappa shape index (κ3) is 6.20. The fourth-order valence-electron chi connectivity index (χ4n) is 4.91. The van der Waals surface area contributed by atoms with Gasteiger partial charge in [0.25, 0.3) is 0 Å². The van der Waals surface area contributed by atoms with Crippen LogP contribution < -0.4 is 9.47 Å². The Morgan fingerprint density at radius 2 is 1.07 bits per heavy atom. The van der Waals surface area contributed by atoms with Crippen LogP contribution in [0.5, 0.6) is 11.5 Å². The van der Waals surface area contributed by atoms with Crippen molar-refractivity contribution in [2.24, 2.45) is 0 Å². The van der Waals surface area contributed by atoms with Gasteiger partial charge < -0.3 is 34.3 Å². The fourth-order valence-corrected chi connectivity index (χ4v) is 4.91. The number of rotatable bonds is 10. The average molecular weight is 543 g/mol. The number of methoxy groups -OCH3 is 2. The van der Waals surface area contributed by atoms with Crippen molar-refractivity contribution in [2.75, 3.05) is 27.4 Å². The Bertz CT molecular complexity index is 1260. The third-order valence-corrected chi connectivity index (χ3v) is 7.28. The molecule has 40 heavy (non-hydrogen) atoms. The Morgan fingerprint density at radius 1 is 0.675 bits per heavy atom. The maximum absolute atomic E-state index is 10.7. The van der Waals surface area contributed by atoms with Crippen LogP contribution in [-0.2, 0) is 9.47 Å². The molecule has 1 aliphatic rings. The van der Waals surface area contributed by atoms with Crippen LogP contribution in [0.3, 0.4) is 0 Å². The van der Waals surface area contributed by atoms with Gasteiger partial charge in [-0.15, -0.1) is 0 Å². The summed E-state index contributed by atoms with van der Waals surface area (Å²) in [6, 6.07) is 32.0. The first kappa shape index (κ1) is 27.8. The molecule has 0 aliphatic carbocycles. The average Bonchev–Trinajstić information content (AvgIpc) is 3.35. The van der Waals surface area contributed by atoms with Crippen molar-refractivity contribution in [3.63, 3.8) is 0 Å². The molecule has 5 rings (SSSR count). The Balaban J connectivity index is 1.38. The van der Waals surface area contributed by atoms with Crippen LogP contribution in [0, 0.1) is 0 Å². The van der Waals surface area contributed by atoms with Crippen LogP contribution in [-0.4, -0.2) is 67.2 Å². The van der Waals surface area contributed by atoms with E-state index >= 15 is 0 Å². The zero-order valence-corrected chi connectivity index (χ0v) is 22.5. The smallest absolute Gasteiger partial charge is 0.118 e. The van der Waals surface area contributed by atoms with Gasteiger partial charge in [-0.3, -0.25) is 0 Å². The molecule has 7 nitrogen and oxygen atoms in total. The summed E-state index contributed by atoms with van der Waals surface area (Å²) >= 11 is 0. The van der Waals surface area contributed by atoms with Gasteiger partial charge in [0.15, 0.2) is 0 Å². The number of hydrogen-bond acceptors (Lipinski definition) is 7. The van der Waals surface area contributed by atoms with Crippen LogP contribution in [0.4, 0.5) is 0 Å². The number of hydrogen-bond donors (Lipinski definition) is 3. The first-order chi connectivity index (χ1) is 19.5. The molecule has 0 radical (unpaired) electrons. The van der Waals surface area contributed by atoms with Crippen LogP contribution in [0.1, 0.15) is 17.2 Å². The minimum Gasteiger partial charge on any atom is -0.497 e. The molecule has 0 unspecified atom stereocenters. The molecule has 4 aromatic carbocycles. The number of aliphatic hydroxyl groups excluding tert-OH is 3. The van der Waals surface area contributed by atoms with Crippen molar-refractivity contribution in [1.29, 1.82) is 0 Å². The second-order valence-electron chi connectivity index (χ2n) is 9.84. The normalized spacial score (nSPS) is 19.5. The summed E-state index contributed by atoms with van der Waals surface area (Å²) in [5.74, 6) is 1.60. The summed E-state index contributed by atoms with van der Waals surface area (Å²) < 4.78 is 22.2. The van der Waals surface area contributed by atoms with E-state index in [9.17, 15) is 15.3 Å². The van der Waals surface area contributed by atoms with Gasteiger partial charge >= 0.3 is 0 Å². The molecule has 1 heterocycles. The molecule has 4 aromatic rings. The summed E-state index contributed by atoms with van der Waals surface area (Å²) in [6.45, 7) is -0.106. The molecular formula is C33H34O7. The molecule has 0 aromatic heterocycles. The largest absolute Gasteiger partial charge is 0.497 e. The van der Waals surface area contributed by atoms with E-state index in [1.54, 1.807) is 14.2 Å². The van der Waals surface area contributed by atoms with Crippen LogP contribution >= 0.6 is 0 Å². The van der Waals surface area contributed by atoms with Gasteiger partial charge in [-0.25, -0.2) is 0 Å². The highest BCUT2D eigenvalue weighted by atomic mass is 16.6. The van der Waals surface area contributed by atoms with Gasteiger partial charge in [-0.1, -0.05) is 72.8 Å². The maximum atomic E-state index is 10.7. The highest BCUT2D eigenvalue weighted by molar-refractivity contribution is 5.66. The van der Waals surface area contributed by atoms with E-state index in [0.717, 1.165) is 44.9 Å². The Kier molecular flexibility index (Phi) is 8.79. The quantitative estimate of drug-likeness (QED) is 0.269. The van der Waals surface area contributed by atoms with Crippen LogP contribution in [0.2, 0.25) is 0 Å². The van der Waals surface area contributed by atoms with E-state index in [1.165, 1.54) is 0 Å². The van der Waals surface area contributed by atoms with Crippen molar-refractivity contribution >= 4 is 0 Å². The molecule has 7 heteroatoms. The maximum Gasteiger partial charge on any atom is 0.118 e. The highest BCUT2D eigenvalue weighted by Crippen LogP contribution is 2.32. The van der Waals surface area contributed by atoms with Gasteiger partial charge in [0, 0.05) is 0 Å². The lowest BCUT2D eigenvalue weighted by Crippen LogP contribution is -2.41. The van der Waals surface area contributed by atoms with Crippen molar-refractivity contribution in [3.05, 3.63) is 108 Å². The van der Waals surface area contributed by atoms with Crippen molar-refractivity contribution in [2.45, 2.75) is 30.5 Å². The summed E-state index contributed by atoms with van der Waals surface area (Å²) in [4.78, 5) is 0. The van der Waals surface area contributed by atoms with Gasteiger partial charge in [-0.05, 0) is 57.6 Å². The predicted octanol–water partition coefficient (Wildman–Crippen LogP) is 4.63. The molecule has 0 spiro atoms. The fraction of sp³-hybridized carbons (Fsp3) is 0.273. The van der Waals surface area contributed by atoms with E-state index < -0.39 is 30.5 Å². The zero-order valence-electron chi connectivity index (χ0n) is 22.5. The molecule has 208 valence electrons. The molecule has 1 aliphatic heterocycles. The highest BCUT2D eigenvalue weighted by Gasteiger charge is 2.39. The standard InChI is InChI=1S/C33H34O7/c1-37-27-15-11-23(12-16-27)21-3-7-25(8-4-21)32(39-20-30(35)33-31(36)29(34)19-40-33)26-9-5-22(6-10-26)24-13-17-28(38-2)18-14-24/h3-18,29-36H,19-20H2,1-2H3/t29-,30+,31+,33+/m0/s1. The SMILES string of the molecule is COc1ccc(-c2ccc(C(OC[C@@H](O)[C@H]3OC[C@H](O)[C@H]3O)c3ccc(-c4ccc(OC)cc4)cc3)cc2)cc1. The molecule has 1 fully saturated rings. The third-order valence-electron chi connectivity index (χ3n) is 7.28. The molecule has 1 saturated heterocycles. The summed E-state index contributed by atoms with van der Waals surface area (Å²) in [5, 5.41) is 30.7. The monoisotopic (exact) mass is 542 g/mol. The Morgan fingerprint density at radius 3 is 1.43 bits per heavy atom. The zero-order chi connectivity index (χ0) is 28.1. The van der Waals surface area contributed by atoms with Gasteiger partial charge in [0.1, 0.15) is 42.0 Å². The molecular weight excluding hydrogens is 508 g/mol. The Hall–Kier alpha value is -3.72. The molecule has 0 bridgehead atoms. The summed E-state index contributed by atoms with van der Waals surface area (Å²) in [7, 11) is 3.29. The van der Waals surface area contributed by atoms with E-state index in [4.69, 9.17) is 18.9 Å². The number of ether oxygens (including phenoxy) is 4. The minimum atomic E-state index is -1.16. The lowest BCUT2D eigenvalue weighted by Gasteiger charge is -2.25. The topological polar surface area (TPSA) is 97.6 Å². The van der Waals surface area contributed by atoms with Gasteiger partial charge in [0.05, 0.1) is 27.4 Å². The van der Waals surface area contributed by atoms with E-state index in [2.05, 4.69) is 0 Å².